The second-order valence-electron chi connectivity index (χ2n) is 5.08. The molecule has 108 valence electrons. The lowest BCUT2D eigenvalue weighted by Crippen LogP contribution is -2.50. The number of nitrogens with one attached hydrogen (secondary N) is 1. The topological polar surface area (TPSA) is 69.6 Å². The van der Waals surface area contributed by atoms with Gasteiger partial charge in [-0.15, -0.1) is 0 Å². The molecule has 0 saturated carbocycles. The number of benzene rings is 1. The summed E-state index contributed by atoms with van der Waals surface area (Å²) in [4.78, 5) is 25.0. The van der Waals surface area contributed by atoms with Gasteiger partial charge in [-0.25, -0.2) is 9.59 Å². The van der Waals surface area contributed by atoms with Crippen molar-refractivity contribution in [3.8, 4) is 0 Å². The van der Waals surface area contributed by atoms with Crippen molar-refractivity contribution in [2.45, 2.75) is 31.7 Å². The minimum absolute atomic E-state index is 0.270. The van der Waals surface area contributed by atoms with Crippen LogP contribution in [0.5, 0.6) is 0 Å². The van der Waals surface area contributed by atoms with Gasteiger partial charge in [0.2, 0.25) is 0 Å². The van der Waals surface area contributed by atoms with Crippen molar-refractivity contribution in [1.29, 1.82) is 0 Å². The summed E-state index contributed by atoms with van der Waals surface area (Å²) in [6.07, 6.45) is 3.42. The molecule has 20 heavy (non-hydrogen) atoms. The lowest BCUT2D eigenvalue weighted by Gasteiger charge is -2.28. The lowest BCUT2D eigenvalue weighted by atomic mass is 10.1. The largest absolute Gasteiger partial charge is 0.480 e. The zero-order chi connectivity index (χ0) is 14.4. The van der Waals surface area contributed by atoms with Crippen LogP contribution in [0.2, 0.25) is 0 Å². The zero-order valence-electron chi connectivity index (χ0n) is 11.4. The van der Waals surface area contributed by atoms with Gasteiger partial charge in [-0.2, -0.15) is 0 Å². The Bertz CT molecular complexity index is 455. The Balaban J connectivity index is 1.95. The molecule has 1 saturated heterocycles. The Hall–Kier alpha value is -2.04. The van der Waals surface area contributed by atoms with Crippen molar-refractivity contribution in [2.24, 2.45) is 0 Å². The predicted molar refractivity (Wildman–Crippen MR) is 75.5 cm³/mol. The van der Waals surface area contributed by atoms with Crippen LogP contribution in [-0.4, -0.2) is 41.1 Å². The van der Waals surface area contributed by atoms with Gasteiger partial charge in [0.1, 0.15) is 6.04 Å². The Morgan fingerprint density at radius 3 is 2.40 bits per heavy atom. The molecule has 1 fully saturated rings. The van der Waals surface area contributed by atoms with E-state index in [-0.39, 0.29) is 6.03 Å². The van der Waals surface area contributed by atoms with E-state index >= 15 is 0 Å². The molecule has 1 atom stereocenters. The number of urea groups is 1. The van der Waals surface area contributed by atoms with E-state index in [1.54, 1.807) is 4.90 Å². The molecule has 1 aromatic carbocycles. The maximum absolute atomic E-state index is 12.1. The Morgan fingerprint density at radius 2 is 1.80 bits per heavy atom. The third kappa shape index (κ3) is 3.98. The van der Waals surface area contributed by atoms with Gasteiger partial charge in [-0.3, -0.25) is 0 Å². The molecule has 1 heterocycles. The zero-order valence-corrected chi connectivity index (χ0v) is 11.4. The molecule has 1 aromatic rings. The van der Waals surface area contributed by atoms with E-state index in [4.69, 9.17) is 0 Å². The standard InChI is InChI=1S/C15H20N2O3/c18-14(19)13(11-12-7-3-1-4-8-12)16-15(20)17-9-5-2-6-10-17/h1,3-4,7-8,13H,2,5-6,9-11H2,(H,16,20)(H,18,19)/t13-/m0/s1. The van der Waals surface area contributed by atoms with Crippen LogP contribution in [0, 0.1) is 0 Å². The van der Waals surface area contributed by atoms with E-state index in [1.165, 1.54) is 0 Å². The fraction of sp³-hybridized carbons (Fsp3) is 0.467. The highest BCUT2D eigenvalue weighted by Gasteiger charge is 2.24. The summed E-state index contributed by atoms with van der Waals surface area (Å²) in [6.45, 7) is 1.42. The molecular weight excluding hydrogens is 256 g/mol. The Morgan fingerprint density at radius 1 is 1.15 bits per heavy atom. The SMILES string of the molecule is O=C(O)[C@H](Cc1ccccc1)NC(=O)N1CCCCC1. The van der Waals surface area contributed by atoms with Gasteiger partial charge in [0.25, 0.3) is 0 Å². The highest BCUT2D eigenvalue weighted by atomic mass is 16.4. The molecule has 0 aliphatic carbocycles. The van der Waals surface area contributed by atoms with Crippen molar-refractivity contribution in [1.82, 2.24) is 10.2 Å². The van der Waals surface area contributed by atoms with Gasteiger partial charge in [-0.05, 0) is 24.8 Å². The van der Waals surface area contributed by atoms with Crippen LogP contribution in [0.3, 0.4) is 0 Å². The summed E-state index contributed by atoms with van der Waals surface area (Å²) in [6, 6.07) is 8.18. The van der Waals surface area contributed by atoms with Crippen LogP contribution in [-0.2, 0) is 11.2 Å². The smallest absolute Gasteiger partial charge is 0.326 e. The number of amides is 2. The van der Waals surface area contributed by atoms with Crippen molar-refractivity contribution in [3.05, 3.63) is 35.9 Å². The van der Waals surface area contributed by atoms with E-state index in [0.29, 0.717) is 19.5 Å². The van der Waals surface area contributed by atoms with Crippen LogP contribution in [0.4, 0.5) is 4.79 Å². The number of rotatable bonds is 4. The molecule has 0 aromatic heterocycles. The fourth-order valence-electron chi connectivity index (χ4n) is 2.39. The maximum atomic E-state index is 12.1. The molecule has 2 amide bonds. The van der Waals surface area contributed by atoms with Gasteiger partial charge >= 0.3 is 12.0 Å². The number of hydrogen-bond donors (Lipinski definition) is 2. The van der Waals surface area contributed by atoms with Gasteiger partial charge in [0.05, 0.1) is 0 Å². The minimum Gasteiger partial charge on any atom is -0.480 e. The summed E-state index contributed by atoms with van der Waals surface area (Å²) >= 11 is 0. The molecule has 0 bridgehead atoms. The molecule has 5 nitrogen and oxygen atoms in total. The fourth-order valence-corrected chi connectivity index (χ4v) is 2.39. The second kappa shape index (κ2) is 6.93. The van der Waals surface area contributed by atoms with Crippen molar-refractivity contribution >= 4 is 12.0 Å². The van der Waals surface area contributed by atoms with Gasteiger partial charge in [-0.1, -0.05) is 30.3 Å². The summed E-state index contributed by atoms with van der Waals surface area (Å²) in [7, 11) is 0. The van der Waals surface area contributed by atoms with Crippen LogP contribution in [0.1, 0.15) is 24.8 Å². The normalized spacial score (nSPS) is 16.5. The first-order valence-corrected chi connectivity index (χ1v) is 6.99. The molecule has 1 aliphatic rings. The maximum Gasteiger partial charge on any atom is 0.326 e. The number of likely N-dealkylation sites (tertiary alicyclic amines) is 1. The van der Waals surface area contributed by atoms with Crippen molar-refractivity contribution in [3.63, 3.8) is 0 Å². The number of hydrogen-bond acceptors (Lipinski definition) is 2. The summed E-state index contributed by atoms with van der Waals surface area (Å²) in [5.41, 5.74) is 0.902. The highest BCUT2D eigenvalue weighted by molar-refractivity contribution is 5.82. The molecule has 2 rings (SSSR count). The number of carboxylic acid groups (broad SMARTS) is 1. The van der Waals surface area contributed by atoms with Crippen LogP contribution in [0.15, 0.2) is 30.3 Å². The number of carbonyl (C=O) groups excluding carboxylic acids is 1. The average Bonchev–Trinajstić information content (AvgIpc) is 2.48. The average molecular weight is 276 g/mol. The summed E-state index contributed by atoms with van der Waals surface area (Å²) < 4.78 is 0. The van der Waals surface area contributed by atoms with E-state index in [0.717, 1.165) is 24.8 Å². The molecule has 2 N–H and O–H groups in total. The predicted octanol–water partition coefficient (Wildman–Crippen LogP) is 1.88. The van der Waals surface area contributed by atoms with Crippen molar-refractivity contribution < 1.29 is 14.7 Å². The Kier molecular flexibility index (Phi) is 4.98. The first kappa shape index (κ1) is 14.4. The second-order valence-corrected chi connectivity index (χ2v) is 5.08. The highest BCUT2D eigenvalue weighted by Crippen LogP contribution is 2.09. The van der Waals surface area contributed by atoms with Crippen LogP contribution >= 0.6 is 0 Å². The third-order valence-corrected chi connectivity index (χ3v) is 3.52. The number of aliphatic carboxylic acids is 1. The third-order valence-electron chi connectivity index (χ3n) is 3.52. The van der Waals surface area contributed by atoms with Crippen LogP contribution < -0.4 is 5.32 Å². The molecule has 5 heteroatoms. The minimum atomic E-state index is -1.00. The monoisotopic (exact) mass is 276 g/mol. The Labute approximate surface area is 118 Å². The molecule has 0 radical (unpaired) electrons. The molecule has 0 spiro atoms. The van der Waals surface area contributed by atoms with Crippen molar-refractivity contribution in [2.75, 3.05) is 13.1 Å². The van der Waals surface area contributed by atoms with E-state index < -0.39 is 12.0 Å². The summed E-state index contributed by atoms with van der Waals surface area (Å²) in [5.74, 6) is -1.00. The van der Waals surface area contributed by atoms with E-state index in [2.05, 4.69) is 5.32 Å². The van der Waals surface area contributed by atoms with Gasteiger partial charge < -0.3 is 15.3 Å². The number of piperidine rings is 1. The summed E-state index contributed by atoms with van der Waals surface area (Å²) in [5, 5.41) is 11.9. The van der Waals surface area contributed by atoms with E-state index in [9.17, 15) is 14.7 Å². The number of carboxylic acids is 1. The van der Waals surface area contributed by atoms with Gasteiger partial charge in [0, 0.05) is 19.5 Å². The van der Waals surface area contributed by atoms with Crippen LogP contribution in [0.25, 0.3) is 0 Å². The lowest BCUT2D eigenvalue weighted by molar-refractivity contribution is -0.139. The first-order valence-electron chi connectivity index (χ1n) is 6.99. The number of nitrogens with zero attached hydrogens (tertiary/aromatic N) is 1. The van der Waals surface area contributed by atoms with Gasteiger partial charge in [0.15, 0.2) is 0 Å². The molecule has 0 unspecified atom stereocenters. The quantitative estimate of drug-likeness (QED) is 0.882. The first-order chi connectivity index (χ1) is 9.66. The molecular formula is C15H20N2O3. The number of carbonyl (C=O) groups is 2. The molecule has 1 aliphatic heterocycles. The van der Waals surface area contributed by atoms with E-state index in [1.807, 2.05) is 30.3 Å².